The van der Waals surface area contributed by atoms with Crippen molar-refractivity contribution >= 4 is 48.9 Å². The highest BCUT2D eigenvalue weighted by Gasteiger charge is 2.25. The first kappa shape index (κ1) is 19.5. The van der Waals surface area contributed by atoms with E-state index in [1.165, 1.54) is 0 Å². The second kappa shape index (κ2) is 10.3. The maximum absolute atomic E-state index is 11.9. The van der Waals surface area contributed by atoms with Gasteiger partial charge in [-0.2, -0.15) is 25.3 Å². The Kier molecular flexibility index (Phi) is 9.58. The zero-order chi connectivity index (χ0) is 16.4. The average molecular weight is 338 g/mol. The molecule has 0 aromatic carbocycles. The summed E-state index contributed by atoms with van der Waals surface area (Å²) < 4.78 is 0. The van der Waals surface area contributed by atoms with Crippen molar-refractivity contribution in [3.8, 4) is 0 Å². The van der Waals surface area contributed by atoms with Crippen molar-refractivity contribution in [3.05, 3.63) is 0 Å². The summed E-state index contributed by atoms with van der Waals surface area (Å²) in [6, 6.07) is -1.99. The Hall–Kier alpha value is -1.46. The highest BCUT2D eigenvalue weighted by Crippen LogP contribution is 1.94. The minimum atomic E-state index is -1.21. The van der Waals surface area contributed by atoms with Crippen molar-refractivity contribution in [1.82, 2.24) is 16.0 Å². The van der Waals surface area contributed by atoms with Crippen LogP contribution in [0.3, 0.4) is 0 Å². The number of carbonyl (C=O) groups is 4. The van der Waals surface area contributed by atoms with Crippen LogP contribution in [0.4, 0.5) is 0 Å². The Morgan fingerprint density at radius 2 is 1.52 bits per heavy atom. The van der Waals surface area contributed by atoms with E-state index < -0.39 is 42.3 Å². The molecule has 0 bridgehead atoms. The van der Waals surface area contributed by atoms with Crippen LogP contribution in [0.5, 0.6) is 0 Å². The fraction of sp³-hybridized carbons (Fsp3) is 0.600. The number of carbonyl (C=O) groups excluding carboxylic acids is 3. The number of thiol groups is 2. The van der Waals surface area contributed by atoms with Crippen molar-refractivity contribution < 1.29 is 24.3 Å². The first-order valence-corrected chi connectivity index (χ1v) is 7.13. The molecule has 11 heteroatoms. The number of carboxylic acid groups (broad SMARTS) is 1. The molecule has 0 saturated heterocycles. The third-order valence-electron chi connectivity index (χ3n) is 2.25. The van der Waals surface area contributed by atoms with Gasteiger partial charge in [0.05, 0.1) is 6.54 Å². The number of hydrogen-bond donors (Lipinski definition) is 7. The Morgan fingerprint density at radius 1 is 1.00 bits per heavy atom. The number of carboxylic acids is 1. The third-order valence-corrected chi connectivity index (χ3v) is 2.98. The molecule has 0 rings (SSSR count). The second-order valence-electron chi connectivity index (χ2n) is 3.86. The molecular weight excluding hydrogens is 320 g/mol. The van der Waals surface area contributed by atoms with Gasteiger partial charge in [0.1, 0.15) is 18.6 Å². The summed E-state index contributed by atoms with van der Waals surface area (Å²) in [5, 5.41) is 15.3. The number of rotatable bonds is 9. The molecular formula is C10H18N4O5S2. The molecule has 9 nitrogen and oxygen atoms in total. The average Bonchev–Trinajstić information content (AvgIpc) is 2.46. The summed E-state index contributed by atoms with van der Waals surface area (Å²) in [7, 11) is 0. The zero-order valence-corrected chi connectivity index (χ0v) is 12.8. The van der Waals surface area contributed by atoms with Gasteiger partial charge in [0, 0.05) is 11.5 Å². The summed E-state index contributed by atoms with van der Waals surface area (Å²) in [6.07, 6.45) is 0. The number of nitrogens with two attached hydrogens (primary N) is 1. The summed E-state index contributed by atoms with van der Waals surface area (Å²) in [5.41, 5.74) is 5.12. The summed E-state index contributed by atoms with van der Waals surface area (Å²) in [4.78, 5) is 45.0. The lowest BCUT2D eigenvalue weighted by Crippen LogP contribution is -2.56. The third kappa shape index (κ3) is 7.78. The van der Waals surface area contributed by atoms with Gasteiger partial charge in [-0.25, -0.2) is 0 Å². The first-order valence-electron chi connectivity index (χ1n) is 5.86. The van der Waals surface area contributed by atoms with Crippen LogP contribution in [0.1, 0.15) is 0 Å². The van der Waals surface area contributed by atoms with E-state index in [1.807, 2.05) is 0 Å². The lowest BCUT2D eigenvalue weighted by Gasteiger charge is -2.20. The van der Waals surface area contributed by atoms with Gasteiger partial charge >= 0.3 is 5.97 Å². The van der Waals surface area contributed by atoms with E-state index in [1.54, 1.807) is 0 Å². The van der Waals surface area contributed by atoms with Crippen LogP contribution in [-0.4, -0.2) is 65.5 Å². The SMILES string of the molecule is NCC(=O)NC(CS)C(=O)NC(CS)C(=O)NCC(=O)O. The fourth-order valence-corrected chi connectivity index (χ4v) is 1.71. The maximum atomic E-state index is 11.9. The monoisotopic (exact) mass is 338 g/mol. The molecule has 0 aliphatic heterocycles. The molecule has 0 aliphatic carbocycles. The van der Waals surface area contributed by atoms with E-state index in [0.717, 1.165) is 0 Å². The Morgan fingerprint density at radius 3 is 1.95 bits per heavy atom. The molecule has 0 radical (unpaired) electrons. The minimum Gasteiger partial charge on any atom is -0.480 e. The predicted octanol–water partition coefficient (Wildman–Crippen LogP) is -3.02. The molecule has 120 valence electrons. The van der Waals surface area contributed by atoms with Crippen molar-refractivity contribution in [3.63, 3.8) is 0 Å². The largest absolute Gasteiger partial charge is 0.480 e. The van der Waals surface area contributed by atoms with Gasteiger partial charge in [0.2, 0.25) is 17.7 Å². The fourth-order valence-electron chi connectivity index (χ4n) is 1.20. The van der Waals surface area contributed by atoms with E-state index in [9.17, 15) is 19.2 Å². The highest BCUT2D eigenvalue weighted by atomic mass is 32.1. The van der Waals surface area contributed by atoms with E-state index >= 15 is 0 Å². The summed E-state index contributed by atoms with van der Waals surface area (Å²) in [6.45, 7) is -0.856. The van der Waals surface area contributed by atoms with Crippen LogP contribution in [0, 0.1) is 0 Å². The second-order valence-corrected chi connectivity index (χ2v) is 4.59. The van der Waals surface area contributed by atoms with Gasteiger partial charge in [-0.3, -0.25) is 19.2 Å². The standard InChI is InChI=1S/C10H18N4O5S2/c11-1-7(15)13-6(4-21)10(19)14-5(3-20)9(18)12-2-8(16)17/h5-6,20-21H,1-4,11H2,(H,12,18)(H,13,15)(H,14,19)(H,16,17). The molecule has 3 amide bonds. The van der Waals surface area contributed by atoms with Crippen molar-refractivity contribution in [2.45, 2.75) is 12.1 Å². The molecule has 0 aromatic rings. The lowest BCUT2D eigenvalue weighted by atomic mass is 10.2. The van der Waals surface area contributed by atoms with Crippen molar-refractivity contribution in [1.29, 1.82) is 0 Å². The molecule has 0 fully saturated rings. The molecule has 0 saturated carbocycles. The predicted molar refractivity (Wildman–Crippen MR) is 81.3 cm³/mol. The quantitative estimate of drug-likeness (QED) is 0.222. The van der Waals surface area contributed by atoms with Crippen LogP contribution in [-0.2, 0) is 19.2 Å². The van der Waals surface area contributed by atoms with Gasteiger partial charge < -0.3 is 26.8 Å². The Labute approximate surface area is 132 Å². The van der Waals surface area contributed by atoms with Crippen LogP contribution in [0.25, 0.3) is 0 Å². The van der Waals surface area contributed by atoms with Gasteiger partial charge in [0.25, 0.3) is 0 Å². The van der Waals surface area contributed by atoms with Crippen molar-refractivity contribution in [2.75, 3.05) is 24.6 Å². The normalized spacial score (nSPS) is 12.9. The van der Waals surface area contributed by atoms with Crippen LogP contribution in [0.15, 0.2) is 0 Å². The smallest absolute Gasteiger partial charge is 0.322 e. The number of nitrogens with one attached hydrogen (secondary N) is 3. The van der Waals surface area contributed by atoms with E-state index in [2.05, 4.69) is 41.2 Å². The number of aliphatic carboxylic acids is 1. The number of hydrogen-bond acceptors (Lipinski definition) is 7. The van der Waals surface area contributed by atoms with Crippen LogP contribution < -0.4 is 21.7 Å². The molecule has 6 N–H and O–H groups in total. The van der Waals surface area contributed by atoms with E-state index in [0.29, 0.717) is 0 Å². The van der Waals surface area contributed by atoms with Crippen LogP contribution in [0.2, 0.25) is 0 Å². The highest BCUT2D eigenvalue weighted by molar-refractivity contribution is 7.80. The topological polar surface area (TPSA) is 151 Å². The molecule has 0 aliphatic rings. The minimum absolute atomic E-state index is 0.00755. The maximum Gasteiger partial charge on any atom is 0.322 e. The molecule has 0 heterocycles. The van der Waals surface area contributed by atoms with E-state index in [-0.39, 0.29) is 18.1 Å². The summed E-state index contributed by atoms with van der Waals surface area (Å²) >= 11 is 7.84. The lowest BCUT2D eigenvalue weighted by molar-refractivity contribution is -0.138. The van der Waals surface area contributed by atoms with Crippen LogP contribution >= 0.6 is 25.3 Å². The van der Waals surface area contributed by atoms with E-state index in [4.69, 9.17) is 10.8 Å². The zero-order valence-electron chi connectivity index (χ0n) is 11.0. The van der Waals surface area contributed by atoms with Gasteiger partial charge in [-0.05, 0) is 0 Å². The molecule has 21 heavy (non-hydrogen) atoms. The number of amides is 3. The summed E-state index contributed by atoms with van der Waals surface area (Å²) in [5.74, 6) is -3.12. The van der Waals surface area contributed by atoms with Gasteiger partial charge in [-0.1, -0.05) is 0 Å². The molecule has 0 spiro atoms. The van der Waals surface area contributed by atoms with Crippen molar-refractivity contribution in [2.24, 2.45) is 5.73 Å². The van der Waals surface area contributed by atoms with Gasteiger partial charge in [0.15, 0.2) is 0 Å². The Balaban J connectivity index is 4.56. The van der Waals surface area contributed by atoms with Gasteiger partial charge in [-0.15, -0.1) is 0 Å². The molecule has 2 atom stereocenters. The molecule has 0 aromatic heterocycles. The molecule has 2 unspecified atom stereocenters. The first-order chi connectivity index (χ1) is 9.85. The Bertz CT molecular complexity index is 407.